The number of nitrogens with one attached hydrogen (secondary N) is 3. The normalized spacial score (nSPS) is 19.4. The lowest BCUT2D eigenvalue weighted by Crippen LogP contribution is -2.70. The van der Waals surface area contributed by atoms with Gasteiger partial charge in [-0.15, -0.1) is 11.8 Å². The first-order chi connectivity index (χ1) is 18.3. The van der Waals surface area contributed by atoms with Gasteiger partial charge in [-0.05, 0) is 11.1 Å². The van der Waals surface area contributed by atoms with Crippen LogP contribution < -0.4 is 10.6 Å². The van der Waals surface area contributed by atoms with Gasteiger partial charge in [-0.3, -0.25) is 19.3 Å². The summed E-state index contributed by atoms with van der Waals surface area (Å²) >= 11 is 1.30. The number of alkyl halides is 1. The van der Waals surface area contributed by atoms with Crippen LogP contribution in [0.1, 0.15) is 23.7 Å². The first kappa shape index (κ1) is 27.3. The Morgan fingerprint density at radius 3 is 2.66 bits per heavy atom. The molecule has 3 heterocycles. The van der Waals surface area contributed by atoms with E-state index in [1.807, 2.05) is 12.1 Å². The molecule has 38 heavy (non-hydrogen) atoms. The van der Waals surface area contributed by atoms with Gasteiger partial charge in [0.2, 0.25) is 5.91 Å². The minimum Gasteiger partial charge on any atom is -0.477 e. The highest BCUT2D eigenvalue weighted by Gasteiger charge is 2.54. The van der Waals surface area contributed by atoms with Gasteiger partial charge < -0.3 is 25.5 Å². The number of amides is 2. The van der Waals surface area contributed by atoms with Crippen LogP contribution in [0.4, 0.5) is 4.39 Å². The van der Waals surface area contributed by atoms with Gasteiger partial charge in [-0.2, -0.15) is 0 Å². The Kier molecular flexibility index (Phi) is 8.79. The molecule has 0 aliphatic carbocycles. The molecule has 3 unspecified atom stereocenters. The lowest BCUT2D eigenvalue weighted by molar-refractivity contribution is -0.151. The number of esters is 1. The van der Waals surface area contributed by atoms with Gasteiger partial charge in [0, 0.05) is 43.5 Å². The van der Waals surface area contributed by atoms with E-state index in [1.165, 1.54) is 18.7 Å². The average molecular weight is 546 g/mol. The van der Waals surface area contributed by atoms with Crippen molar-refractivity contribution in [2.45, 2.75) is 43.8 Å². The van der Waals surface area contributed by atoms with Gasteiger partial charge in [-0.1, -0.05) is 24.3 Å². The van der Waals surface area contributed by atoms with Crippen LogP contribution in [0.15, 0.2) is 48.1 Å². The molecule has 1 aromatic carbocycles. The predicted molar refractivity (Wildman–Crippen MR) is 135 cm³/mol. The number of hydrogen-bond acceptors (Lipinski definition) is 8. The van der Waals surface area contributed by atoms with Crippen molar-refractivity contribution in [2.75, 3.05) is 19.0 Å². The number of aromatic nitrogens is 2. The fourth-order valence-corrected chi connectivity index (χ4v) is 5.59. The first-order valence-corrected chi connectivity index (χ1v) is 13.0. The fraction of sp³-hybridized carbons (Fsp3) is 0.400. The standard InChI is InChI=1S/C25H28FN5O6S/c1-14(32)37-11-17-12-38-24-21(23(34)31(24)22(17)25(35)36)30-20(33)6-15-2-4-16(5-3-15)9-28-18(8-26)7-19-10-27-13-29-19/h2-5,10,13,18,21,24,28H,6-9,11-12H2,1H3,(H,27,29)(H,30,33)(H,35,36). The number of carboxylic acid groups (broad SMARTS) is 1. The zero-order chi connectivity index (χ0) is 27.2. The number of hydrogen-bond donors (Lipinski definition) is 4. The Balaban J connectivity index is 1.28. The molecule has 1 aromatic heterocycles. The number of H-pyrrole nitrogens is 1. The second-order valence-electron chi connectivity index (χ2n) is 8.98. The summed E-state index contributed by atoms with van der Waals surface area (Å²) in [6, 6.07) is 6.09. The third-order valence-electron chi connectivity index (χ3n) is 6.20. The molecule has 4 rings (SSSR count). The number of carbonyl (C=O) groups excluding carboxylic acids is 3. The average Bonchev–Trinajstić information content (AvgIpc) is 3.41. The van der Waals surface area contributed by atoms with E-state index in [1.54, 1.807) is 24.7 Å². The highest BCUT2D eigenvalue weighted by molar-refractivity contribution is 8.00. The molecule has 0 saturated carbocycles. The molecule has 0 radical (unpaired) electrons. The minimum absolute atomic E-state index is 0.0421. The number of aliphatic carboxylic acids is 1. The third kappa shape index (κ3) is 6.40. The molecule has 2 aliphatic rings. The summed E-state index contributed by atoms with van der Waals surface area (Å²) in [5.74, 6) is -2.46. The smallest absolute Gasteiger partial charge is 0.352 e. The van der Waals surface area contributed by atoms with Crippen molar-refractivity contribution < 1.29 is 33.4 Å². The van der Waals surface area contributed by atoms with Gasteiger partial charge in [0.05, 0.1) is 18.4 Å². The minimum atomic E-state index is -1.29. The fourth-order valence-electron chi connectivity index (χ4n) is 4.27. The Morgan fingerprint density at radius 2 is 2.03 bits per heavy atom. The van der Waals surface area contributed by atoms with E-state index in [4.69, 9.17) is 4.74 Å². The van der Waals surface area contributed by atoms with Crippen molar-refractivity contribution in [3.63, 3.8) is 0 Å². The number of fused-ring (bicyclic) bond motifs is 1. The predicted octanol–water partition coefficient (Wildman–Crippen LogP) is 0.924. The van der Waals surface area contributed by atoms with E-state index in [0.29, 0.717) is 18.5 Å². The SMILES string of the molecule is CC(=O)OCC1=C(C(=O)O)N2C(=O)C(NC(=O)Cc3ccc(CNC(CF)Cc4c[nH]cn4)cc3)C2SC1. The number of halogens is 1. The van der Waals surface area contributed by atoms with Crippen LogP contribution in [-0.2, 0) is 43.3 Å². The van der Waals surface area contributed by atoms with Crippen molar-refractivity contribution >= 4 is 35.5 Å². The molecule has 1 saturated heterocycles. The molecule has 2 aromatic rings. The maximum Gasteiger partial charge on any atom is 0.352 e. The molecular formula is C25H28FN5O6S. The molecule has 202 valence electrons. The summed E-state index contributed by atoms with van der Waals surface area (Å²) in [6.45, 7) is 0.937. The molecule has 0 bridgehead atoms. The van der Waals surface area contributed by atoms with Crippen LogP contribution in [-0.4, -0.2) is 80.2 Å². The van der Waals surface area contributed by atoms with Crippen molar-refractivity contribution in [2.24, 2.45) is 0 Å². The van der Waals surface area contributed by atoms with Crippen LogP contribution in [0.2, 0.25) is 0 Å². The van der Waals surface area contributed by atoms with E-state index in [-0.39, 0.29) is 36.4 Å². The monoisotopic (exact) mass is 545 g/mol. The second kappa shape index (κ2) is 12.2. The summed E-state index contributed by atoms with van der Waals surface area (Å²) in [7, 11) is 0. The number of imidazole rings is 1. The number of nitrogens with zero attached hydrogens (tertiary/aromatic N) is 2. The van der Waals surface area contributed by atoms with Crippen molar-refractivity contribution in [1.29, 1.82) is 0 Å². The van der Waals surface area contributed by atoms with E-state index in [9.17, 15) is 28.7 Å². The lowest BCUT2D eigenvalue weighted by atomic mass is 10.0. The van der Waals surface area contributed by atoms with E-state index >= 15 is 0 Å². The van der Waals surface area contributed by atoms with Gasteiger partial charge in [-0.25, -0.2) is 14.2 Å². The van der Waals surface area contributed by atoms with E-state index in [2.05, 4.69) is 20.6 Å². The topological polar surface area (TPSA) is 154 Å². The highest BCUT2D eigenvalue weighted by Crippen LogP contribution is 2.40. The van der Waals surface area contributed by atoms with Crippen molar-refractivity contribution in [1.82, 2.24) is 25.5 Å². The molecule has 13 heteroatoms. The molecule has 2 aliphatic heterocycles. The number of rotatable bonds is 12. The zero-order valence-electron chi connectivity index (χ0n) is 20.6. The van der Waals surface area contributed by atoms with E-state index in [0.717, 1.165) is 21.7 Å². The molecule has 11 nitrogen and oxygen atoms in total. The van der Waals surface area contributed by atoms with E-state index < -0.39 is 35.9 Å². The number of carboxylic acids is 1. The Morgan fingerprint density at radius 1 is 1.29 bits per heavy atom. The van der Waals surface area contributed by atoms with Gasteiger partial charge in [0.25, 0.3) is 5.91 Å². The van der Waals surface area contributed by atoms with Crippen LogP contribution in [0.25, 0.3) is 0 Å². The number of aromatic amines is 1. The largest absolute Gasteiger partial charge is 0.477 e. The zero-order valence-corrected chi connectivity index (χ0v) is 21.4. The summed E-state index contributed by atoms with van der Waals surface area (Å²) in [6.07, 6.45) is 3.79. The Bertz CT molecular complexity index is 1220. The van der Waals surface area contributed by atoms with Gasteiger partial charge in [0.1, 0.15) is 30.4 Å². The molecule has 2 amide bonds. The third-order valence-corrected chi connectivity index (χ3v) is 7.53. The summed E-state index contributed by atoms with van der Waals surface area (Å²) < 4.78 is 18.3. The number of β-lactam (4-membered cyclic amide) rings is 1. The summed E-state index contributed by atoms with van der Waals surface area (Å²) in [4.78, 5) is 56.4. The van der Waals surface area contributed by atoms with Crippen molar-refractivity contribution in [3.05, 3.63) is 64.9 Å². The Hall–Kier alpha value is -3.71. The van der Waals surface area contributed by atoms with Gasteiger partial charge >= 0.3 is 11.9 Å². The lowest BCUT2D eigenvalue weighted by Gasteiger charge is -2.49. The summed E-state index contributed by atoms with van der Waals surface area (Å²) in [5, 5.41) is 14.9. The Labute approximate surface area is 222 Å². The molecule has 3 atom stereocenters. The van der Waals surface area contributed by atoms with Crippen LogP contribution in [0.3, 0.4) is 0 Å². The van der Waals surface area contributed by atoms with Crippen LogP contribution in [0.5, 0.6) is 0 Å². The van der Waals surface area contributed by atoms with Gasteiger partial charge in [0.15, 0.2) is 0 Å². The highest BCUT2D eigenvalue weighted by atomic mass is 32.2. The van der Waals surface area contributed by atoms with Crippen molar-refractivity contribution in [3.8, 4) is 0 Å². The number of thioether (sulfide) groups is 1. The second-order valence-corrected chi connectivity index (χ2v) is 10.1. The van der Waals surface area contributed by atoms with Crippen LogP contribution in [0, 0.1) is 0 Å². The van der Waals surface area contributed by atoms with Crippen LogP contribution >= 0.6 is 11.8 Å². The molecular weight excluding hydrogens is 517 g/mol. The maximum absolute atomic E-state index is 13.4. The number of ether oxygens (including phenoxy) is 1. The first-order valence-electron chi connectivity index (χ1n) is 11.9. The molecule has 0 spiro atoms. The number of carbonyl (C=O) groups is 4. The summed E-state index contributed by atoms with van der Waals surface area (Å²) in [5.41, 5.74) is 2.57. The quantitative estimate of drug-likeness (QED) is 0.225. The maximum atomic E-state index is 13.4. The number of benzene rings is 1. The molecule has 4 N–H and O–H groups in total. The molecule has 1 fully saturated rings.